The van der Waals surface area contributed by atoms with Crippen LogP contribution in [0.1, 0.15) is 40.9 Å². The summed E-state index contributed by atoms with van der Waals surface area (Å²) in [6.07, 6.45) is 0. The second-order valence-corrected chi connectivity index (χ2v) is 4.31. The minimum atomic E-state index is 0.0191. The minimum absolute atomic E-state index is 0.0191. The molecule has 15 heavy (non-hydrogen) atoms. The first-order chi connectivity index (χ1) is 6.93. The molecule has 0 atom stereocenters. The molecule has 1 aromatic rings. The third kappa shape index (κ3) is 2.58. The van der Waals surface area contributed by atoms with Gasteiger partial charge < -0.3 is 5.32 Å². The molecule has 0 aliphatic heterocycles. The molecule has 1 aromatic carbocycles. The zero-order valence-corrected chi connectivity index (χ0v) is 10.1. The van der Waals surface area contributed by atoms with Gasteiger partial charge in [0.15, 0.2) is 0 Å². The first-order valence-electron chi connectivity index (χ1n) is 5.31. The van der Waals surface area contributed by atoms with E-state index in [0.29, 0.717) is 0 Å². The topological polar surface area (TPSA) is 29.1 Å². The Morgan fingerprint density at radius 2 is 1.73 bits per heavy atom. The summed E-state index contributed by atoms with van der Waals surface area (Å²) in [5, 5.41) is 2.91. The molecule has 0 spiro atoms. The highest BCUT2D eigenvalue weighted by Gasteiger charge is 2.11. The summed E-state index contributed by atoms with van der Waals surface area (Å²) in [4.78, 5) is 11.8. The van der Waals surface area contributed by atoms with Gasteiger partial charge in [-0.1, -0.05) is 6.07 Å². The standard InChI is InChI=1S/C13H19NO/c1-8(2)14-13(15)12-7-6-9(3)10(4)11(12)5/h6-8H,1-5H3,(H,14,15). The van der Waals surface area contributed by atoms with Gasteiger partial charge in [-0.15, -0.1) is 0 Å². The van der Waals surface area contributed by atoms with Crippen molar-refractivity contribution in [2.75, 3.05) is 0 Å². The minimum Gasteiger partial charge on any atom is -0.350 e. The Hall–Kier alpha value is -1.31. The van der Waals surface area contributed by atoms with Crippen molar-refractivity contribution in [1.82, 2.24) is 5.32 Å². The third-order valence-electron chi connectivity index (χ3n) is 2.72. The molecular weight excluding hydrogens is 186 g/mol. The van der Waals surface area contributed by atoms with Crippen LogP contribution in [0.4, 0.5) is 0 Å². The van der Waals surface area contributed by atoms with Gasteiger partial charge in [0.25, 0.3) is 5.91 Å². The molecule has 0 saturated carbocycles. The number of carbonyl (C=O) groups excluding carboxylic acids is 1. The Kier molecular flexibility index (Phi) is 3.51. The molecule has 82 valence electrons. The van der Waals surface area contributed by atoms with E-state index in [4.69, 9.17) is 0 Å². The van der Waals surface area contributed by atoms with Crippen LogP contribution in [0.5, 0.6) is 0 Å². The van der Waals surface area contributed by atoms with Crippen molar-refractivity contribution in [3.05, 3.63) is 34.4 Å². The van der Waals surface area contributed by atoms with Gasteiger partial charge in [0, 0.05) is 11.6 Å². The molecular formula is C13H19NO. The van der Waals surface area contributed by atoms with Crippen LogP contribution in [0.25, 0.3) is 0 Å². The summed E-state index contributed by atoms with van der Waals surface area (Å²) in [6.45, 7) is 10.0. The Bertz CT molecular complexity index is 380. The van der Waals surface area contributed by atoms with E-state index < -0.39 is 0 Å². The number of rotatable bonds is 2. The molecule has 0 fully saturated rings. The second-order valence-electron chi connectivity index (χ2n) is 4.31. The molecule has 2 heteroatoms. The zero-order chi connectivity index (χ0) is 11.6. The van der Waals surface area contributed by atoms with Crippen LogP contribution in [-0.2, 0) is 0 Å². The van der Waals surface area contributed by atoms with Gasteiger partial charge in [-0.3, -0.25) is 4.79 Å². The van der Waals surface area contributed by atoms with E-state index in [1.165, 1.54) is 11.1 Å². The molecule has 0 unspecified atom stereocenters. The van der Waals surface area contributed by atoms with Gasteiger partial charge in [0.2, 0.25) is 0 Å². The van der Waals surface area contributed by atoms with Crippen molar-refractivity contribution in [3.63, 3.8) is 0 Å². The number of amides is 1. The zero-order valence-electron chi connectivity index (χ0n) is 10.1. The first kappa shape index (κ1) is 11.8. The molecule has 1 rings (SSSR count). The summed E-state index contributed by atoms with van der Waals surface area (Å²) in [6, 6.07) is 4.07. The molecule has 0 bridgehead atoms. The summed E-state index contributed by atoms with van der Waals surface area (Å²) < 4.78 is 0. The maximum Gasteiger partial charge on any atom is 0.251 e. The van der Waals surface area contributed by atoms with Gasteiger partial charge in [-0.05, 0) is 57.4 Å². The maximum absolute atomic E-state index is 11.8. The Morgan fingerprint density at radius 1 is 1.13 bits per heavy atom. The number of aryl methyl sites for hydroxylation is 1. The lowest BCUT2D eigenvalue weighted by atomic mass is 9.98. The molecule has 0 aliphatic carbocycles. The Morgan fingerprint density at radius 3 is 2.27 bits per heavy atom. The monoisotopic (exact) mass is 205 g/mol. The van der Waals surface area contributed by atoms with Crippen molar-refractivity contribution in [3.8, 4) is 0 Å². The average molecular weight is 205 g/mol. The van der Waals surface area contributed by atoms with E-state index >= 15 is 0 Å². The highest BCUT2D eigenvalue weighted by Crippen LogP contribution is 2.16. The smallest absolute Gasteiger partial charge is 0.251 e. The lowest BCUT2D eigenvalue weighted by molar-refractivity contribution is 0.0942. The lowest BCUT2D eigenvalue weighted by Crippen LogP contribution is -2.30. The summed E-state index contributed by atoms with van der Waals surface area (Å²) in [5.74, 6) is 0.0191. The Labute approximate surface area is 91.7 Å². The van der Waals surface area contributed by atoms with Crippen LogP contribution >= 0.6 is 0 Å². The summed E-state index contributed by atoms with van der Waals surface area (Å²) in [7, 11) is 0. The third-order valence-corrected chi connectivity index (χ3v) is 2.72. The van der Waals surface area contributed by atoms with Crippen LogP contribution in [0, 0.1) is 20.8 Å². The quantitative estimate of drug-likeness (QED) is 0.790. The molecule has 0 saturated heterocycles. The van der Waals surface area contributed by atoms with E-state index in [0.717, 1.165) is 11.1 Å². The number of hydrogen-bond donors (Lipinski definition) is 1. The predicted octanol–water partition coefficient (Wildman–Crippen LogP) is 2.75. The predicted molar refractivity (Wildman–Crippen MR) is 63.3 cm³/mol. The molecule has 1 amide bonds. The number of hydrogen-bond acceptors (Lipinski definition) is 1. The van der Waals surface area contributed by atoms with Crippen LogP contribution in [0.15, 0.2) is 12.1 Å². The van der Waals surface area contributed by atoms with E-state index in [2.05, 4.69) is 19.2 Å². The highest BCUT2D eigenvalue weighted by atomic mass is 16.1. The first-order valence-corrected chi connectivity index (χ1v) is 5.31. The van der Waals surface area contributed by atoms with Crippen molar-refractivity contribution >= 4 is 5.91 Å². The molecule has 0 radical (unpaired) electrons. The normalized spacial score (nSPS) is 10.5. The van der Waals surface area contributed by atoms with Crippen molar-refractivity contribution in [2.45, 2.75) is 40.7 Å². The van der Waals surface area contributed by atoms with Gasteiger partial charge in [0.1, 0.15) is 0 Å². The molecule has 0 aromatic heterocycles. The molecule has 0 heterocycles. The fraction of sp³-hybridized carbons (Fsp3) is 0.462. The summed E-state index contributed by atoms with van der Waals surface area (Å²) >= 11 is 0. The van der Waals surface area contributed by atoms with E-state index in [9.17, 15) is 4.79 Å². The van der Waals surface area contributed by atoms with E-state index in [1.807, 2.05) is 32.9 Å². The Balaban J connectivity index is 3.06. The number of benzene rings is 1. The summed E-state index contributed by atoms with van der Waals surface area (Å²) in [5.41, 5.74) is 4.29. The van der Waals surface area contributed by atoms with Gasteiger partial charge >= 0.3 is 0 Å². The molecule has 0 aliphatic rings. The lowest BCUT2D eigenvalue weighted by Gasteiger charge is -2.13. The fourth-order valence-electron chi connectivity index (χ4n) is 1.54. The average Bonchev–Trinajstić information content (AvgIpc) is 2.13. The second kappa shape index (κ2) is 4.47. The van der Waals surface area contributed by atoms with Gasteiger partial charge in [-0.25, -0.2) is 0 Å². The van der Waals surface area contributed by atoms with E-state index in [1.54, 1.807) is 0 Å². The maximum atomic E-state index is 11.8. The van der Waals surface area contributed by atoms with Gasteiger partial charge in [0.05, 0.1) is 0 Å². The number of nitrogens with one attached hydrogen (secondary N) is 1. The van der Waals surface area contributed by atoms with Crippen molar-refractivity contribution < 1.29 is 4.79 Å². The SMILES string of the molecule is Cc1ccc(C(=O)NC(C)C)c(C)c1C. The van der Waals surface area contributed by atoms with Crippen molar-refractivity contribution in [1.29, 1.82) is 0 Å². The number of carbonyl (C=O) groups is 1. The van der Waals surface area contributed by atoms with Crippen LogP contribution in [0.3, 0.4) is 0 Å². The highest BCUT2D eigenvalue weighted by molar-refractivity contribution is 5.96. The molecule has 2 nitrogen and oxygen atoms in total. The molecule has 1 N–H and O–H groups in total. The van der Waals surface area contributed by atoms with Crippen LogP contribution in [0.2, 0.25) is 0 Å². The van der Waals surface area contributed by atoms with E-state index in [-0.39, 0.29) is 11.9 Å². The van der Waals surface area contributed by atoms with Crippen LogP contribution in [-0.4, -0.2) is 11.9 Å². The van der Waals surface area contributed by atoms with Gasteiger partial charge in [-0.2, -0.15) is 0 Å². The largest absolute Gasteiger partial charge is 0.350 e. The van der Waals surface area contributed by atoms with Crippen LogP contribution < -0.4 is 5.32 Å². The van der Waals surface area contributed by atoms with Crippen molar-refractivity contribution in [2.24, 2.45) is 0 Å². The fourth-order valence-corrected chi connectivity index (χ4v) is 1.54.